The molecule has 4 rings (SSSR count). The topological polar surface area (TPSA) is 110 Å². The predicted octanol–water partition coefficient (Wildman–Crippen LogP) is 2.46. The number of piperidine rings is 1. The monoisotopic (exact) mass is 613 g/mol. The van der Waals surface area contributed by atoms with E-state index in [1.807, 2.05) is 30.7 Å². The number of nitrogens with zero attached hydrogens (tertiary/aromatic N) is 4. The number of amides is 3. The maximum Gasteiger partial charge on any atom is 0.242 e. The average Bonchev–Trinajstić information content (AvgIpc) is 3.66. The van der Waals surface area contributed by atoms with Gasteiger partial charge < -0.3 is 14.7 Å². The Morgan fingerprint density at radius 2 is 1.93 bits per heavy atom. The van der Waals surface area contributed by atoms with Gasteiger partial charge in [-0.05, 0) is 50.3 Å². The van der Waals surface area contributed by atoms with Gasteiger partial charge in [0.2, 0.25) is 27.7 Å². The standard InChI is InChI=1S/C27H40ClN5O5S2/c1-19(2)26(35)30(3)20-10-14-31(16-20)17-21-6-4-13-33(21)25(34)18-32-12-5-7-23(27(32)36)29-40(37,38)15-11-22-8-9-24(28)39-22/h8-9,11,15,19-21,23,29H,4-7,10,12-14,16-18H2,1-3H3/t20?,21-,23-/m0/s1. The van der Waals surface area contributed by atoms with Crippen LogP contribution >= 0.6 is 22.9 Å². The van der Waals surface area contributed by atoms with Gasteiger partial charge in [0.25, 0.3) is 0 Å². The van der Waals surface area contributed by atoms with Gasteiger partial charge in [-0.3, -0.25) is 19.3 Å². The zero-order chi connectivity index (χ0) is 29.0. The van der Waals surface area contributed by atoms with Crippen molar-refractivity contribution in [2.24, 2.45) is 5.92 Å². The van der Waals surface area contributed by atoms with Crippen molar-refractivity contribution in [1.29, 1.82) is 0 Å². The summed E-state index contributed by atoms with van der Waals surface area (Å²) in [6, 6.07) is 2.77. The Bertz CT molecular complexity index is 1220. The highest BCUT2D eigenvalue weighted by atomic mass is 35.5. The van der Waals surface area contributed by atoms with Gasteiger partial charge in [0.15, 0.2) is 0 Å². The van der Waals surface area contributed by atoms with Gasteiger partial charge in [0, 0.05) is 68.1 Å². The van der Waals surface area contributed by atoms with Crippen LogP contribution in [0.4, 0.5) is 0 Å². The Balaban J connectivity index is 1.29. The fourth-order valence-electron chi connectivity index (χ4n) is 5.81. The Labute approximate surface area is 246 Å². The number of rotatable bonds is 10. The van der Waals surface area contributed by atoms with Crippen LogP contribution in [-0.4, -0.2) is 110 Å². The van der Waals surface area contributed by atoms with Crippen molar-refractivity contribution < 1.29 is 22.8 Å². The zero-order valence-electron chi connectivity index (χ0n) is 23.4. The van der Waals surface area contributed by atoms with E-state index in [1.165, 1.54) is 22.3 Å². The molecule has 1 N–H and O–H groups in total. The van der Waals surface area contributed by atoms with Gasteiger partial charge >= 0.3 is 0 Å². The van der Waals surface area contributed by atoms with Crippen molar-refractivity contribution in [1.82, 2.24) is 24.3 Å². The molecule has 0 saturated carbocycles. The van der Waals surface area contributed by atoms with E-state index in [2.05, 4.69) is 9.62 Å². The van der Waals surface area contributed by atoms with Crippen molar-refractivity contribution in [3.63, 3.8) is 0 Å². The fraction of sp³-hybridized carbons (Fsp3) is 0.667. The van der Waals surface area contributed by atoms with Crippen LogP contribution in [0, 0.1) is 5.92 Å². The molecular formula is C27H40ClN5O5S2. The number of hydrogen-bond acceptors (Lipinski definition) is 7. The van der Waals surface area contributed by atoms with Gasteiger partial charge in [0.05, 0.1) is 10.9 Å². The van der Waals surface area contributed by atoms with Gasteiger partial charge in [-0.25, -0.2) is 8.42 Å². The number of likely N-dealkylation sites (tertiary alicyclic amines) is 3. The first-order valence-electron chi connectivity index (χ1n) is 14.0. The number of carbonyl (C=O) groups excluding carboxylic acids is 3. The Hall–Kier alpha value is -1.99. The molecule has 4 heterocycles. The molecule has 3 fully saturated rings. The first-order valence-corrected chi connectivity index (χ1v) is 16.7. The van der Waals surface area contributed by atoms with Gasteiger partial charge in [0.1, 0.15) is 6.04 Å². The lowest BCUT2D eigenvalue weighted by atomic mass is 10.1. The van der Waals surface area contributed by atoms with Gasteiger partial charge in [-0.15, -0.1) is 11.3 Å². The fourth-order valence-corrected chi connectivity index (χ4v) is 7.88. The second-order valence-corrected chi connectivity index (χ2v) is 14.6. The lowest BCUT2D eigenvalue weighted by Gasteiger charge is -2.34. The third kappa shape index (κ3) is 7.84. The van der Waals surface area contributed by atoms with Crippen LogP contribution in [0.15, 0.2) is 17.5 Å². The molecule has 3 amide bonds. The van der Waals surface area contributed by atoms with E-state index in [-0.39, 0.29) is 42.3 Å². The average molecular weight is 614 g/mol. The maximum absolute atomic E-state index is 13.3. The smallest absolute Gasteiger partial charge is 0.242 e. The first kappa shape index (κ1) is 31.0. The van der Waals surface area contributed by atoms with Crippen LogP contribution in [0.2, 0.25) is 4.34 Å². The summed E-state index contributed by atoms with van der Waals surface area (Å²) in [6.45, 7) is 7.30. The molecule has 3 atom stereocenters. The number of thiophene rings is 1. The van der Waals surface area contributed by atoms with E-state index < -0.39 is 16.1 Å². The van der Waals surface area contributed by atoms with Crippen molar-refractivity contribution in [3.8, 4) is 0 Å². The highest BCUT2D eigenvalue weighted by molar-refractivity contribution is 7.92. The molecule has 0 bridgehead atoms. The molecule has 3 saturated heterocycles. The summed E-state index contributed by atoms with van der Waals surface area (Å²) in [5, 5.41) is 1.04. The highest BCUT2D eigenvalue weighted by Crippen LogP contribution is 2.24. The number of carbonyl (C=O) groups is 3. The molecule has 3 aliphatic rings. The third-order valence-electron chi connectivity index (χ3n) is 7.97. The van der Waals surface area contributed by atoms with Crippen LogP contribution in [0.25, 0.3) is 6.08 Å². The van der Waals surface area contributed by atoms with Crippen LogP contribution in [0.3, 0.4) is 0 Å². The van der Waals surface area contributed by atoms with E-state index in [4.69, 9.17) is 11.6 Å². The van der Waals surface area contributed by atoms with Crippen LogP contribution in [0.1, 0.15) is 50.8 Å². The van der Waals surface area contributed by atoms with Crippen molar-refractivity contribution in [2.75, 3.05) is 46.3 Å². The number of nitrogens with one attached hydrogen (secondary N) is 1. The van der Waals surface area contributed by atoms with Crippen LogP contribution in [0.5, 0.6) is 0 Å². The third-order valence-corrected chi connectivity index (χ3v) is 10.3. The highest BCUT2D eigenvalue weighted by Gasteiger charge is 2.37. The zero-order valence-corrected chi connectivity index (χ0v) is 25.8. The number of likely N-dealkylation sites (N-methyl/N-ethyl adjacent to an activating group) is 1. The molecule has 0 aromatic carbocycles. The predicted molar refractivity (Wildman–Crippen MR) is 157 cm³/mol. The quantitative estimate of drug-likeness (QED) is 0.434. The number of sulfonamides is 1. The molecule has 13 heteroatoms. The van der Waals surface area contributed by atoms with Crippen molar-refractivity contribution >= 4 is 56.8 Å². The molecule has 0 radical (unpaired) electrons. The minimum atomic E-state index is -3.85. The van der Waals surface area contributed by atoms with Crippen molar-refractivity contribution in [3.05, 3.63) is 26.8 Å². The summed E-state index contributed by atoms with van der Waals surface area (Å²) < 4.78 is 28.3. The molecule has 0 spiro atoms. The molecule has 40 heavy (non-hydrogen) atoms. The van der Waals surface area contributed by atoms with E-state index in [0.717, 1.165) is 44.3 Å². The molecule has 1 aromatic heterocycles. The Morgan fingerprint density at radius 3 is 2.62 bits per heavy atom. The van der Waals surface area contributed by atoms with Crippen LogP contribution in [-0.2, 0) is 24.4 Å². The minimum Gasteiger partial charge on any atom is -0.341 e. The van der Waals surface area contributed by atoms with E-state index >= 15 is 0 Å². The largest absolute Gasteiger partial charge is 0.341 e. The Morgan fingerprint density at radius 1 is 1.18 bits per heavy atom. The summed E-state index contributed by atoms with van der Waals surface area (Å²) in [6.07, 6.45) is 5.19. The Kier molecular flexibility index (Phi) is 10.3. The van der Waals surface area contributed by atoms with Gasteiger partial charge in [-0.1, -0.05) is 25.4 Å². The maximum atomic E-state index is 13.3. The number of hydrogen-bond donors (Lipinski definition) is 1. The normalized spacial score (nSPS) is 24.5. The van der Waals surface area contributed by atoms with Crippen molar-refractivity contribution in [2.45, 2.75) is 64.1 Å². The summed E-state index contributed by atoms with van der Waals surface area (Å²) in [5.74, 6) is -0.347. The SMILES string of the molecule is CC(C)C(=O)N(C)C1CCN(C[C@@H]2CCCN2C(=O)CN2CCC[C@H](NS(=O)(=O)C=Cc3ccc(Cl)s3)C2=O)C1. The molecule has 1 aromatic rings. The summed E-state index contributed by atoms with van der Waals surface area (Å²) in [5.41, 5.74) is 0. The molecule has 222 valence electrons. The lowest BCUT2D eigenvalue weighted by molar-refractivity contribution is -0.143. The molecule has 3 aliphatic heterocycles. The van der Waals surface area contributed by atoms with E-state index in [9.17, 15) is 22.8 Å². The molecule has 1 unspecified atom stereocenters. The summed E-state index contributed by atoms with van der Waals surface area (Å²) in [4.78, 5) is 47.1. The summed E-state index contributed by atoms with van der Waals surface area (Å²) in [7, 11) is -1.98. The first-order chi connectivity index (χ1) is 18.9. The molecule has 0 aliphatic carbocycles. The molecule has 10 nitrogen and oxygen atoms in total. The number of halogens is 1. The van der Waals surface area contributed by atoms with Gasteiger partial charge in [-0.2, -0.15) is 4.72 Å². The van der Waals surface area contributed by atoms with Crippen LogP contribution < -0.4 is 4.72 Å². The second-order valence-electron chi connectivity index (χ2n) is 11.3. The summed E-state index contributed by atoms with van der Waals surface area (Å²) >= 11 is 7.16. The minimum absolute atomic E-state index is 0.0308. The van der Waals surface area contributed by atoms with E-state index in [1.54, 1.807) is 12.1 Å². The second kappa shape index (κ2) is 13.3. The molecular weight excluding hydrogens is 574 g/mol. The lowest BCUT2D eigenvalue weighted by Crippen LogP contribution is -2.55. The van der Waals surface area contributed by atoms with E-state index in [0.29, 0.717) is 35.1 Å².